The smallest absolute Gasteiger partial charge is 0.264 e. The van der Waals surface area contributed by atoms with E-state index in [1.54, 1.807) is 6.07 Å². The van der Waals surface area contributed by atoms with Gasteiger partial charge in [-0.15, -0.1) is 0 Å². The van der Waals surface area contributed by atoms with E-state index in [4.69, 9.17) is 0 Å². The number of rotatable bonds is 4. The van der Waals surface area contributed by atoms with E-state index in [1.807, 2.05) is 6.92 Å². The van der Waals surface area contributed by atoms with Crippen molar-refractivity contribution in [2.75, 3.05) is 4.72 Å². The molecular formula is C10H12N4O3S. The molecule has 0 unspecified atom stereocenters. The molecule has 0 amide bonds. The van der Waals surface area contributed by atoms with Crippen molar-refractivity contribution in [3.8, 4) is 0 Å². The van der Waals surface area contributed by atoms with E-state index < -0.39 is 10.0 Å². The fourth-order valence-corrected chi connectivity index (χ4v) is 2.31. The molecule has 0 aromatic carbocycles. The molecule has 2 aromatic rings. The molecule has 2 heterocycles. The summed E-state index contributed by atoms with van der Waals surface area (Å²) < 4.78 is 26.2. The van der Waals surface area contributed by atoms with E-state index in [1.165, 1.54) is 6.07 Å². The SMILES string of the molecule is CCc1cc(NS(=O)(=O)c2ccc(=O)[nH]c2)n[nH]1. The number of hydrogen-bond donors (Lipinski definition) is 3. The Labute approximate surface area is 103 Å². The van der Waals surface area contributed by atoms with Gasteiger partial charge < -0.3 is 4.98 Å². The second-order valence-corrected chi connectivity index (χ2v) is 5.31. The highest BCUT2D eigenvalue weighted by Gasteiger charge is 2.15. The second-order valence-electron chi connectivity index (χ2n) is 3.63. The molecule has 3 N–H and O–H groups in total. The van der Waals surface area contributed by atoms with Crippen LogP contribution in [0.3, 0.4) is 0 Å². The molecule has 0 aliphatic rings. The largest absolute Gasteiger partial charge is 0.328 e. The normalized spacial score (nSPS) is 11.4. The lowest BCUT2D eigenvalue weighted by atomic mass is 10.3. The number of aromatic amines is 2. The zero-order valence-electron chi connectivity index (χ0n) is 9.60. The van der Waals surface area contributed by atoms with Gasteiger partial charge in [0.1, 0.15) is 4.90 Å². The van der Waals surface area contributed by atoms with Crippen molar-refractivity contribution in [3.05, 3.63) is 40.4 Å². The van der Waals surface area contributed by atoms with Crippen molar-refractivity contribution in [1.29, 1.82) is 0 Å². The number of pyridine rings is 1. The van der Waals surface area contributed by atoms with Crippen LogP contribution < -0.4 is 10.3 Å². The summed E-state index contributed by atoms with van der Waals surface area (Å²) in [6, 6.07) is 3.99. The molecule has 7 nitrogen and oxygen atoms in total. The Kier molecular flexibility index (Phi) is 3.19. The monoisotopic (exact) mass is 268 g/mol. The van der Waals surface area contributed by atoms with Crippen molar-refractivity contribution in [2.45, 2.75) is 18.2 Å². The first-order valence-corrected chi connectivity index (χ1v) is 6.75. The minimum absolute atomic E-state index is 0.0249. The van der Waals surface area contributed by atoms with Crippen LogP contribution in [-0.2, 0) is 16.4 Å². The van der Waals surface area contributed by atoms with Gasteiger partial charge in [-0.25, -0.2) is 8.42 Å². The van der Waals surface area contributed by atoms with Gasteiger partial charge in [0.25, 0.3) is 10.0 Å². The minimum Gasteiger partial charge on any atom is -0.328 e. The molecule has 0 aliphatic heterocycles. The van der Waals surface area contributed by atoms with Gasteiger partial charge in [-0.05, 0) is 12.5 Å². The molecule has 2 rings (SSSR count). The Morgan fingerprint density at radius 3 is 2.72 bits per heavy atom. The summed E-state index contributed by atoms with van der Waals surface area (Å²) in [5.74, 6) is 0.220. The fourth-order valence-electron chi connectivity index (χ4n) is 1.36. The lowest BCUT2D eigenvalue weighted by molar-refractivity contribution is 0.600. The van der Waals surface area contributed by atoms with Crippen molar-refractivity contribution >= 4 is 15.8 Å². The van der Waals surface area contributed by atoms with E-state index >= 15 is 0 Å². The summed E-state index contributed by atoms with van der Waals surface area (Å²) in [5, 5.41) is 6.53. The van der Waals surface area contributed by atoms with Gasteiger partial charge in [-0.3, -0.25) is 14.6 Å². The van der Waals surface area contributed by atoms with Gasteiger partial charge in [-0.2, -0.15) is 5.10 Å². The molecule has 0 radical (unpaired) electrons. The van der Waals surface area contributed by atoms with Crippen LogP contribution in [0, 0.1) is 0 Å². The van der Waals surface area contributed by atoms with Crippen LogP contribution in [-0.4, -0.2) is 23.6 Å². The maximum Gasteiger partial charge on any atom is 0.264 e. The number of sulfonamides is 1. The summed E-state index contributed by atoms with van der Waals surface area (Å²) in [5.41, 5.74) is 0.469. The average molecular weight is 268 g/mol. The molecular weight excluding hydrogens is 256 g/mol. The third-order valence-electron chi connectivity index (χ3n) is 2.32. The maximum absolute atomic E-state index is 11.9. The number of anilines is 1. The Hall–Kier alpha value is -2.09. The van der Waals surface area contributed by atoms with Gasteiger partial charge in [0.05, 0.1) is 0 Å². The first-order valence-electron chi connectivity index (χ1n) is 5.27. The third-order valence-corrected chi connectivity index (χ3v) is 3.67. The first kappa shape index (κ1) is 12.4. The van der Waals surface area contributed by atoms with Gasteiger partial charge >= 0.3 is 0 Å². The van der Waals surface area contributed by atoms with Gasteiger partial charge in [0.15, 0.2) is 5.82 Å². The molecule has 0 saturated carbocycles. The molecule has 8 heteroatoms. The number of aryl methyl sites for hydroxylation is 1. The summed E-state index contributed by atoms with van der Waals surface area (Å²) in [7, 11) is -3.73. The van der Waals surface area contributed by atoms with Gasteiger partial charge in [-0.1, -0.05) is 6.92 Å². The Bertz CT molecular complexity index is 681. The minimum atomic E-state index is -3.73. The number of nitrogens with one attached hydrogen (secondary N) is 3. The summed E-state index contributed by atoms with van der Waals surface area (Å²) in [6.07, 6.45) is 1.87. The Morgan fingerprint density at radius 2 is 2.17 bits per heavy atom. The number of H-pyrrole nitrogens is 2. The summed E-state index contributed by atoms with van der Waals surface area (Å²) in [4.78, 5) is 13.1. The Morgan fingerprint density at radius 1 is 1.39 bits per heavy atom. The topological polar surface area (TPSA) is 108 Å². The summed E-state index contributed by atoms with van der Waals surface area (Å²) in [6.45, 7) is 1.92. The lowest BCUT2D eigenvalue weighted by Crippen LogP contribution is -2.15. The maximum atomic E-state index is 11.9. The van der Waals surface area contributed by atoms with Crippen LogP contribution >= 0.6 is 0 Å². The molecule has 0 bridgehead atoms. The standard InChI is InChI=1S/C10H12N4O3S/c1-2-7-5-9(13-12-7)14-18(16,17)8-3-4-10(15)11-6-8/h3-6H,2H2,1H3,(H,11,15)(H2,12,13,14). The molecule has 18 heavy (non-hydrogen) atoms. The van der Waals surface area contributed by atoms with Crippen molar-refractivity contribution < 1.29 is 8.42 Å². The van der Waals surface area contributed by atoms with Crippen molar-refractivity contribution in [1.82, 2.24) is 15.2 Å². The zero-order chi connectivity index (χ0) is 13.2. The van der Waals surface area contributed by atoms with E-state index in [0.29, 0.717) is 0 Å². The van der Waals surface area contributed by atoms with Crippen LogP contribution in [0.4, 0.5) is 5.82 Å². The number of nitrogens with zero attached hydrogens (tertiary/aromatic N) is 1. The van der Waals surface area contributed by atoms with E-state index in [0.717, 1.165) is 24.4 Å². The van der Waals surface area contributed by atoms with Crippen LogP contribution in [0.2, 0.25) is 0 Å². The first-order chi connectivity index (χ1) is 8.51. The molecule has 96 valence electrons. The average Bonchev–Trinajstić information content (AvgIpc) is 2.76. The van der Waals surface area contributed by atoms with E-state index in [2.05, 4.69) is 19.9 Å². The van der Waals surface area contributed by atoms with Crippen LogP contribution in [0.1, 0.15) is 12.6 Å². The van der Waals surface area contributed by atoms with Crippen LogP contribution in [0.15, 0.2) is 34.1 Å². The van der Waals surface area contributed by atoms with E-state index in [-0.39, 0.29) is 16.3 Å². The fraction of sp³-hybridized carbons (Fsp3) is 0.200. The summed E-state index contributed by atoms with van der Waals surface area (Å²) >= 11 is 0. The Balaban J connectivity index is 2.26. The van der Waals surface area contributed by atoms with E-state index in [9.17, 15) is 13.2 Å². The quantitative estimate of drug-likeness (QED) is 0.748. The van der Waals surface area contributed by atoms with Gasteiger partial charge in [0.2, 0.25) is 5.56 Å². The zero-order valence-corrected chi connectivity index (χ0v) is 10.4. The van der Waals surface area contributed by atoms with Crippen LogP contribution in [0.5, 0.6) is 0 Å². The molecule has 2 aromatic heterocycles. The predicted octanol–water partition coefficient (Wildman–Crippen LogP) is 0.461. The van der Waals surface area contributed by atoms with Crippen LogP contribution in [0.25, 0.3) is 0 Å². The van der Waals surface area contributed by atoms with Gasteiger partial charge in [0, 0.05) is 24.0 Å². The molecule has 0 aliphatic carbocycles. The van der Waals surface area contributed by atoms with Crippen molar-refractivity contribution in [3.63, 3.8) is 0 Å². The molecule has 0 saturated heterocycles. The van der Waals surface area contributed by atoms with Crippen molar-refractivity contribution in [2.24, 2.45) is 0 Å². The highest BCUT2D eigenvalue weighted by atomic mass is 32.2. The molecule has 0 fully saturated rings. The number of hydrogen-bond acceptors (Lipinski definition) is 4. The highest BCUT2D eigenvalue weighted by molar-refractivity contribution is 7.92. The third kappa shape index (κ3) is 2.59. The highest BCUT2D eigenvalue weighted by Crippen LogP contribution is 2.13. The molecule has 0 spiro atoms. The molecule has 0 atom stereocenters. The predicted molar refractivity (Wildman–Crippen MR) is 65.8 cm³/mol. The lowest BCUT2D eigenvalue weighted by Gasteiger charge is -2.03. The number of aromatic nitrogens is 3. The second kappa shape index (κ2) is 4.65.